The molecule has 0 bridgehead atoms. The van der Waals surface area contributed by atoms with Gasteiger partial charge in [0.05, 0.1) is 17.8 Å². The van der Waals surface area contributed by atoms with Gasteiger partial charge in [0.2, 0.25) is 0 Å². The molecule has 6 heteroatoms. The van der Waals surface area contributed by atoms with Crippen LogP contribution in [-0.4, -0.2) is 19.8 Å². The lowest BCUT2D eigenvalue weighted by molar-refractivity contribution is 0.0691. The topological polar surface area (TPSA) is 86.9 Å². The third-order valence-electron chi connectivity index (χ3n) is 1.03. The van der Waals surface area contributed by atoms with Gasteiger partial charge >= 0.3 is 5.97 Å². The Labute approximate surface area is 71.9 Å². The number of carboxylic acids is 1. The predicted octanol–water partition coefficient (Wildman–Crippen LogP) is 0.773. The molecular weight excluding hydrogens is 178 g/mol. The minimum Gasteiger partial charge on any atom is -0.476 e. The first kappa shape index (κ1) is 8.36. The standard InChI is InChI=1S/C6H3N3O2S/c7-3-1-2-4-5(6(10)11)9-12-8-4/h1-2H,(H,10,11)/b2-1+. The molecule has 1 N–H and O–H groups in total. The van der Waals surface area contributed by atoms with Gasteiger partial charge in [-0.1, -0.05) is 0 Å². The number of carbonyl (C=O) groups is 1. The zero-order valence-electron chi connectivity index (χ0n) is 5.76. The molecule has 5 nitrogen and oxygen atoms in total. The van der Waals surface area contributed by atoms with Gasteiger partial charge in [-0.15, -0.1) is 0 Å². The second-order valence-corrected chi connectivity index (χ2v) is 2.29. The monoisotopic (exact) mass is 181 g/mol. The summed E-state index contributed by atoms with van der Waals surface area (Å²) in [6.07, 6.45) is 2.47. The molecule has 0 saturated heterocycles. The first-order valence-electron chi connectivity index (χ1n) is 2.87. The molecule has 0 aliphatic rings. The number of hydrogen-bond donors (Lipinski definition) is 1. The van der Waals surface area contributed by atoms with Crippen molar-refractivity contribution in [3.8, 4) is 6.07 Å². The van der Waals surface area contributed by atoms with E-state index in [0.29, 0.717) is 0 Å². The fourth-order valence-electron chi connectivity index (χ4n) is 0.569. The van der Waals surface area contributed by atoms with Gasteiger partial charge in [0.15, 0.2) is 5.69 Å². The van der Waals surface area contributed by atoms with Crippen molar-refractivity contribution in [3.05, 3.63) is 17.5 Å². The zero-order chi connectivity index (χ0) is 8.97. The molecule has 0 atom stereocenters. The minimum absolute atomic E-state index is 0.119. The average Bonchev–Trinajstić information content (AvgIpc) is 2.48. The number of rotatable bonds is 2. The molecule has 60 valence electrons. The highest BCUT2D eigenvalue weighted by molar-refractivity contribution is 6.99. The lowest BCUT2D eigenvalue weighted by atomic mass is 10.3. The van der Waals surface area contributed by atoms with Crippen LogP contribution in [0.1, 0.15) is 16.2 Å². The summed E-state index contributed by atoms with van der Waals surface area (Å²) in [5.74, 6) is -1.14. The first-order valence-corrected chi connectivity index (χ1v) is 3.60. The van der Waals surface area contributed by atoms with E-state index < -0.39 is 5.97 Å². The molecule has 0 aromatic carbocycles. The second-order valence-electron chi connectivity index (χ2n) is 1.77. The Balaban J connectivity index is 3.01. The molecule has 0 fully saturated rings. The van der Waals surface area contributed by atoms with Crippen molar-refractivity contribution in [2.24, 2.45) is 0 Å². The fraction of sp³-hybridized carbons (Fsp3) is 0. The summed E-state index contributed by atoms with van der Waals surface area (Å²) in [5.41, 5.74) is 0.0977. The number of nitriles is 1. The van der Waals surface area contributed by atoms with Crippen molar-refractivity contribution < 1.29 is 9.90 Å². The summed E-state index contributed by atoms with van der Waals surface area (Å²) in [6.45, 7) is 0. The average molecular weight is 181 g/mol. The van der Waals surface area contributed by atoms with Gasteiger partial charge in [0.25, 0.3) is 0 Å². The highest BCUT2D eigenvalue weighted by atomic mass is 32.1. The van der Waals surface area contributed by atoms with Gasteiger partial charge in [-0.2, -0.15) is 14.0 Å². The van der Waals surface area contributed by atoms with E-state index in [1.54, 1.807) is 6.07 Å². The maximum atomic E-state index is 10.4. The first-order chi connectivity index (χ1) is 5.75. The molecule has 1 rings (SSSR count). The summed E-state index contributed by atoms with van der Waals surface area (Å²) in [7, 11) is 0. The van der Waals surface area contributed by atoms with Gasteiger partial charge < -0.3 is 5.11 Å². The SMILES string of the molecule is N#C/C=C/c1nsnc1C(=O)O. The Kier molecular flexibility index (Phi) is 2.50. The Morgan fingerprint density at radius 2 is 2.42 bits per heavy atom. The van der Waals surface area contributed by atoms with Crippen molar-refractivity contribution in [1.82, 2.24) is 8.75 Å². The maximum Gasteiger partial charge on any atom is 0.357 e. The van der Waals surface area contributed by atoms with Crippen LogP contribution in [0.4, 0.5) is 0 Å². The van der Waals surface area contributed by atoms with Crippen molar-refractivity contribution in [2.45, 2.75) is 0 Å². The normalized spacial score (nSPS) is 9.92. The van der Waals surface area contributed by atoms with Crippen molar-refractivity contribution >= 4 is 23.8 Å². The Bertz CT molecular complexity index is 363. The molecule has 0 spiro atoms. The van der Waals surface area contributed by atoms with Crippen LogP contribution in [0.5, 0.6) is 0 Å². The van der Waals surface area contributed by atoms with E-state index in [-0.39, 0.29) is 11.4 Å². The zero-order valence-corrected chi connectivity index (χ0v) is 6.58. The van der Waals surface area contributed by atoms with E-state index in [1.807, 2.05) is 0 Å². The van der Waals surface area contributed by atoms with Crippen LogP contribution in [0.25, 0.3) is 6.08 Å². The van der Waals surface area contributed by atoms with Crippen LogP contribution < -0.4 is 0 Å². The number of allylic oxidation sites excluding steroid dienone is 1. The summed E-state index contributed by atoms with van der Waals surface area (Å²) >= 11 is 0.803. The number of hydrogen-bond acceptors (Lipinski definition) is 5. The summed E-state index contributed by atoms with van der Waals surface area (Å²) < 4.78 is 7.23. The molecule has 1 aromatic rings. The summed E-state index contributed by atoms with van der Waals surface area (Å²) in [4.78, 5) is 10.4. The van der Waals surface area contributed by atoms with Crippen molar-refractivity contribution in [1.29, 1.82) is 5.26 Å². The van der Waals surface area contributed by atoms with Crippen molar-refractivity contribution in [3.63, 3.8) is 0 Å². The molecule has 0 radical (unpaired) electrons. The van der Waals surface area contributed by atoms with Gasteiger partial charge in [0.1, 0.15) is 5.69 Å². The lowest BCUT2D eigenvalue weighted by Gasteiger charge is -1.84. The van der Waals surface area contributed by atoms with E-state index >= 15 is 0 Å². The number of aromatic carboxylic acids is 1. The van der Waals surface area contributed by atoms with E-state index in [4.69, 9.17) is 10.4 Å². The quantitative estimate of drug-likeness (QED) is 0.681. The summed E-state index contributed by atoms with van der Waals surface area (Å²) in [5, 5.41) is 16.7. The van der Waals surface area contributed by atoms with Crippen LogP contribution in [0.15, 0.2) is 6.08 Å². The van der Waals surface area contributed by atoms with E-state index in [0.717, 1.165) is 17.8 Å². The molecule has 0 aliphatic carbocycles. The number of carboxylic acid groups (broad SMARTS) is 1. The van der Waals surface area contributed by atoms with E-state index in [1.165, 1.54) is 6.08 Å². The lowest BCUT2D eigenvalue weighted by Crippen LogP contribution is -1.98. The molecular formula is C6H3N3O2S. The Morgan fingerprint density at radius 1 is 1.67 bits per heavy atom. The van der Waals surface area contributed by atoms with Crippen LogP contribution >= 0.6 is 11.7 Å². The summed E-state index contributed by atoms with van der Waals surface area (Å²) in [6, 6.07) is 1.74. The highest BCUT2D eigenvalue weighted by Gasteiger charge is 2.11. The van der Waals surface area contributed by atoms with Gasteiger partial charge in [-0.05, 0) is 6.08 Å². The molecule has 0 unspecified atom stereocenters. The second kappa shape index (κ2) is 3.59. The fourth-order valence-corrected chi connectivity index (χ4v) is 1.10. The smallest absolute Gasteiger partial charge is 0.357 e. The predicted molar refractivity (Wildman–Crippen MR) is 41.5 cm³/mol. The van der Waals surface area contributed by atoms with Gasteiger partial charge in [-0.3, -0.25) is 0 Å². The van der Waals surface area contributed by atoms with E-state index in [2.05, 4.69) is 8.75 Å². The van der Waals surface area contributed by atoms with Crippen molar-refractivity contribution in [2.75, 3.05) is 0 Å². The molecule has 1 heterocycles. The molecule has 0 amide bonds. The molecule has 0 saturated carbocycles. The van der Waals surface area contributed by atoms with Crippen LogP contribution in [0, 0.1) is 11.3 Å². The number of nitrogens with zero attached hydrogens (tertiary/aromatic N) is 3. The van der Waals surface area contributed by atoms with Gasteiger partial charge in [0, 0.05) is 6.08 Å². The third kappa shape index (κ3) is 1.65. The van der Waals surface area contributed by atoms with E-state index in [9.17, 15) is 4.79 Å². The third-order valence-corrected chi connectivity index (χ3v) is 1.57. The van der Waals surface area contributed by atoms with Gasteiger partial charge in [-0.25, -0.2) is 4.79 Å². The van der Waals surface area contributed by atoms with Crippen LogP contribution in [0.2, 0.25) is 0 Å². The highest BCUT2D eigenvalue weighted by Crippen LogP contribution is 2.07. The van der Waals surface area contributed by atoms with Crippen LogP contribution in [-0.2, 0) is 0 Å². The maximum absolute atomic E-state index is 10.4. The largest absolute Gasteiger partial charge is 0.476 e. The number of aromatic nitrogens is 2. The Morgan fingerprint density at radius 3 is 3.00 bits per heavy atom. The van der Waals surface area contributed by atoms with Crippen LogP contribution in [0.3, 0.4) is 0 Å². The molecule has 0 aliphatic heterocycles. The minimum atomic E-state index is -1.14. The molecule has 1 aromatic heterocycles. The Hall–Kier alpha value is -1.74. The molecule has 12 heavy (non-hydrogen) atoms.